The molecule has 2 amide bonds. The molecule has 3 heterocycles. The third kappa shape index (κ3) is 17.4. The van der Waals surface area contributed by atoms with Crippen molar-refractivity contribution >= 4 is 107 Å². The van der Waals surface area contributed by atoms with Crippen molar-refractivity contribution < 1.29 is 117 Å². The third-order valence-electron chi connectivity index (χ3n) is 15.2. The Hall–Kier alpha value is -5.99. The minimum absolute atomic E-state index is 0.00545. The molecule has 1 saturated heterocycles. The Morgan fingerprint density at radius 1 is 0.622 bits per heavy atom. The molecule has 494 valence electrons. The lowest BCUT2D eigenvalue weighted by molar-refractivity contribution is -0.438. The van der Waals surface area contributed by atoms with Crippen LogP contribution in [0.3, 0.4) is 0 Å². The molecule has 7 rings (SSSR count). The van der Waals surface area contributed by atoms with Gasteiger partial charge in [-0.1, -0.05) is 23.8 Å². The van der Waals surface area contributed by atoms with Crippen LogP contribution in [0.15, 0.2) is 104 Å². The number of benzene rings is 4. The summed E-state index contributed by atoms with van der Waals surface area (Å²) in [4.78, 5) is 40.2. The smallest absolute Gasteiger partial charge is 0.333 e. The summed E-state index contributed by atoms with van der Waals surface area (Å²) in [6.07, 6.45) is 5.42. The first-order valence-corrected chi connectivity index (χ1v) is 35.2. The van der Waals surface area contributed by atoms with Gasteiger partial charge in [-0.25, -0.2) is 46.9 Å². The van der Waals surface area contributed by atoms with E-state index in [9.17, 15) is 79.2 Å². The molecule has 0 aromatic heterocycles. The molecule has 0 saturated carbocycles. The van der Waals surface area contributed by atoms with E-state index in [1.54, 1.807) is 68.6 Å². The Bertz CT molecular complexity index is 4130. The van der Waals surface area contributed by atoms with Gasteiger partial charge in [0.2, 0.25) is 5.69 Å². The van der Waals surface area contributed by atoms with Gasteiger partial charge in [0.25, 0.3) is 11.8 Å². The summed E-state index contributed by atoms with van der Waals surface area (Å²) in [5, 5.41) is -0.298. The molecule has 1 atom stereocenters. The minimum Gasteiger partial charge on any atom is -0.748 e. The SMILES string of the molecule is COCCOCCOCCOCCOCCOCCN1C(=CC=C(C)C=CC2=[N+](CCCC(=O)ON3C(=O)CCC3=O)c3ccc4c(S(=O)(=O)[O-])cc(S(=O)(=O)[O-])cc4c3C2(C)C)C(C)(CCCS(=O)(=O)[O-])c2c1ccc1c(S(=O)(=O)[O-])cc(S(=O)(=O)[O-])cc21. The van der Waals surface area contributed by atoms with Gasteiger partial charge in [-0.2, -0.15) is 4.58 Å². The fourth-order valence-electron chi connectivity index (χ4n) is 11.1. The number of hydrogen-bond acceptors (Lipinski definition) is 26. The molecule has 0 aliphatic carbocycles. The second-order valence-corrected chi connectivity index (χ2v) is 28.8. The van der Waals surface area contributed by atoms with E-state index >= 15 is 0 Å². The molecule has 0 spiro atoms. The monoisotopic (exact) mass is 1350 g/mol. The number of fused-ring (bicyclic) bond motifs is 6. The van der Waals surface area contributed by atoms with Crippen molar-refractivity contribution in [3.8, 4) is 0 Å². The standard InChI is InChI=1S/C57H71N3O25S5/c1-38(9-15-49-56(2,3)54-43-34-39(87(67,68)69)36-47(89(73,74)75)41(43)11-13-45(54)58(49)20-6-8-53(63)85-60-51(61)17-18-52(60)62)10-16-50-57(4,19-7-33-86(64,65)66)55-44-35-40(88(70,71)72)37-48(90(76,77)78)42(44)12-14-46(55)59(50)21-22-80-25-26-82-29-30-84-32-31-83-28-27-81-24-23-79-5/h9-16,34-37H,6-8,17-33H2,1-5H3,(H4-,64,65,66,67,68,69,70,71,72,73,74,75,76,77,78)/p-4. The van der Waals surface area contributed by atoms with Crippen LogP contribution in [0.5, 0.6) is 0 Å². The molecule has 28 nitrogen and oxygen atoms in total. The number of imide groups is 1. The van der Waals surface area contributed by atoms with Gasteiger partial charge in [0, 0.05) is 78.6 Å². The van der Waals surface area contributed by atoms with E-state index in [0.717, 1.165) is 12.1 Å². The molecule has 0 radical (unpaired) electrons. The fraction of sp³-hybridized carbons (Fsp3) is 0.474. The summed E-state index contributed by atoms with van der Waals surface area (Å²) in [6, 6.07) is 8.32. The molecule has 1 fully saturated rings. The molecular formula is C57H67N3O25S5-4. The Balaban J connectivity index is 1.26. The lowest BCUT2D eigenvalue weighted by Crippen LogP contribution is -2.32. The lowest BCUT2D eigenvalue weighted by atomic mass is 9.75. The number of rotatable bonds is 34. The maximum atomic E-state index is 13.0. The van der Waals surface area contributed by atoms with E-state index in [1.165, 1.54) is 24.3 Å². The van der Waals surface area contributed by atoms with Crippen LogP contribution >= 0.6 is 0 Å². The second kappa shape index (κ2) is 29.3. The van der Waals surface area contributed by atoms with E-state index in [2.05, 4.69) is 0 Å². The molecule has 4 aromatic carbocycles. The normalized spacial score (nSPS) is 17.9. The zero-order chi connectivity index (χ0) is 66.2. The number of nitrogens with zero attached hydrogens (tertiary/aromatic N) is 3. The number of carbonyl (C=O) groups is 3. The summed E-state index contributed by atoms with van der Waals surface area (Å²) in [5.41, 5.74) is -0.404. The van der Waals surface area contributed by atoms with Crippen LogP contribution in [0.4, 0.5) is 11.4 Å². The quantitative estimate of drug-likeness (QED) is 0.0212. The van der Waals surface area contributed by atoms with Crippen LogP contribution in [0.2, 0.25) is 0 Å². The highest BCUT2D eigenvalue weighted by Crippen LogP contribution is 2.54. The van der Waals surface area contributed by atoms with Crippen LogP contribution in [0.25, 0.3) is 21.5 Å². The topological polar surface area (TPSA) is 411 Å². The molecule has 3 aliphatic rings. The number of hydroxylamine groups is 2. The van der Waals surface area contributed by atoms with Crippen molar-refractivity contribution in [2.75, 3.05) is 104 Å². The van der Waals surface area contributed by atoms with Gasteiger partial charge in [-0.05, 0) is 105 Å². The molecule has 3 aliphatic heterocycles. The Morgan fingerprint density at radius 3 is 1.60 bits per heavy atom. The number of methoxy groups -OCH3 is 1. The zero-order valence-corrected chi connectivity index (χ0v) is 53.7. The largest absolute Gasteiger partial charge is 0.748 e. The van der Waals surface area contributed by atoms with Gasteiger partial charge >= 0.3 is 5.97 Å². The van der Waals surface area contributed by atoms with Crippen LogP contribution in [-0.2, 0) is 109 Å². The van der Waals surface area contributed by atoms with Crippen molar-refractivity contribution in [1.82, 2.24) is 5.06 Å². The van der Waals surface area contributed by atoms with E-state index in [1.807, 2.05) is 0 Å². The van der Waals surface area contributed by atoms with E-state index in [0.29, 0.717) is 85.2 Å². The highest BCUT2D eigenvalue weighted by molar-refractivity contribution is 7.87. The highest BCUT2D eigenvalue weighted by Gasteiger charge is 2.47. The molecule has 90 heavy (non-hydrogen) atoms. The average molecular weight is 1350 g/mol. The Morgan fingerprint density at radius 2 is 1.11 bits per heavy atom. The van der Waals surface area contributed by atoms with Crippen molar-refractivity contribution in [3.63, 3.8) is 0 Å². The average Bonchev–Trinajstić information content (AvgIpc) is 1.51. The van der Waals surface area contributed by atoms with Crippen molar-refractivity contribution in [1.29, 1.82) is 0 Å². The van der Waals surface area contributed by atoms with Crippen molar-refractivity contribution in [3.05, 3.63) is 95.2 Å². The maximum absolute atomic E-state index is 13.0. The summed E-state index contributed by atoms with van der Waals surface area (Å²) in [6.45, 7) is 9.68. The number of ether oxygens (including phenoxy) is 6. The fourth-order valence-corrected chi connectivity index (χ4v) is 14.3. The number of hydrogen-bond donors (Lipinski definition) is 0. The van der Waals surface area contributed by atoms with Gasteiger partial charge < -0.3 is 60.9 Å². The summed E-state index contributed by atoms with van der Waals surface area (Å²) < 4.78 is 223. The molecule has 33 heteroatoms. The van der Waals surface area contributed by atoms with E-state index in [4.69, 9.17) is 33.3 Å². The summed E-state index contributed by atoms with van der Waals surface area (Å²) >= 11 is 0. The Labute approximate surface area is 521 Å². The van der Waals surface area contributed by atoms with Gasteiger partial charge in [0.1, 0.15) is 47.0 Å². The second-order valence-electron chi connectivity index (χ2n) is 21.8. The molecule has 4 aromatic rings. The summed E-state index contributed by atoms with van der Waals surface area (Å²) in [5.74, 6) is -3.20. The zero-order valence-electron chi connectivity index (χ0n) is 49.7. The summed E-state index contributed by atoms with van der Waals surface area (Å²) in [7, 11) is -25.0. The van der Waals surface area contributed by atoms with Gasteiger partial charge in [0.15, 0.2) is 5.71 Å². The number of allylic oxidation sites excluding steroid dienone is 6. The van der Waals surface area contributed by atoms with Gasteiger partial charge in [0.05, 0.1) is 114 Å². The first kappa shape index (κ1) is 71.5. The Kier molecular flexibility index (Phi) is 23.3. The maximum Gasteiger partial charge on any atom is 0.333 e. The molecular weight excluding hydrogens is 1290 g/mol. The number of carbonyl (C=O) groups excluding carboxylic acids is 3. The molecule has 0 bridgehead atoms. The molecule has 1 unspecified atom stereocenters. The third-order valence-corrected chi connectivity index (χ3v) is 19.3. The van der Waals surface area contributed by atoms with Gasteiger partial charge in [-0.15, -0.1) is 5.06 Å². The highest BCUT2D eigenvalue weighted by atomic mass is 32.2. The molecule has 0 N–H and O–H groups in total. The first-order valence-electron chi connectivity index (χ1n) is 28.0. The number of anilines is 1. The predicted octanol–water partition coefficient (Wildman–Crippen LogP) is 3.59. The predicted molar refractivity (Wildman–Crippen MR) is 314 cm³/mol. The van der Waals surface area contributed by atoms with Crippen LogP contribution in [0.1, 0.15) is 77.3 Å². The number of amides is 2. The van der Waals surface area contributed by atoms with Crippen molar-refractivity contribution in [2.24, 2.45) is 0 Å². The van der Waals surface area contributed by atoms with E-state index in [-0.39, 0.29) is 117 Å². The minimum atomic E-state index is -5.47. The van der Waals surface area contributed by atoms with Gasteiger partial charge in [-0.3, -0.25) is 9.59 Å². The van der Waals surface area contributed by atoms with Crippen molar-refractivity contribution in [2.45, 2.75) is 96.6 Å². The van der Waals surface area contributed by atoms with Crippen LogP contribution in [0, 0.1) is 0 Å². The van der Waals surface area contributed by atoms with E-state index < -0.39 is 105 Å². The van der Waals surface area contributed by atoms with Crippen LogP contribution in [-0.4, -0.2) is 197 Å². The lowest BCUT2D eigenvalue weighted by Gasteiger charge is -2.31. The first-order chi connectivity index (χ1) is 42.1. The van der Waals surface area contributed by atoms with Crippen LogP contribution < -0.4 is 4.90 Å².